The second kappa shape index (κ2) is 6.14. The van der Waals surface area contributed by atoms with E-state index in [9.17, 15) is 13.6 Å². The summed E-state index contributed by atoms with van der Waals surface area (Å²) >= 11 is 1.62. The topological polar surface area (TPSA) is 54.3 Å². The molecule has 134 valence electrons. The number of thiazole rings is 1. The average Bonchev–Trinajstić information content (AvgIpc) is 3.13. The predicted molar refractivity (Wildman–Crippen MR) is 88.4 cm³/mol. The van der Waals surface area contributed by atoms with Crippen molar-refractivity contribution in [2.75, 3.05) is 19.6 Å². The molecule has 0 spiro atoms. The highest BCUT2D eigenvalue weighted by molar-refractivity contribution is 7.09. The van der Waals surface area contributed by atoms with Gasteiger partial charge in [-0.25, -0.2) is 13.8 Å². The molecule has 0 aromatic carbocycles. The van der Waals surface area contributed by atoms with Gasteiger partial charge in [0, 0.05) is 31.2 Å². The highest BCUT2D eigenvalue weighted by Gasteiger charge is 2.46. The van der Waals surface area contributed by atoms with Gasteiger partial charge in [0.2, 0.25) is 5.91 Å². The van der Waals surface area contributed by atoms with Crippen LogP contribution in [-0.2, 0) is 17.9 Å². The van der Waals surface area contributed by atoms with Gasteiger partial charge in [0.25, 0.3) is 5.92 Å². The van der Waals surface area contributed by atoms with Crippen molar-refractivity contribution in [1.29, 1.82) is 0 Å². The first-order valence-corrected chi connectivity index (χ1v) is 9.09. The molecule has 0 radical (unpaired) electrons. The van der Waals surface area contributed by atoms with E-state index < -0.39 is 19.0 Å². The number of hydrogen-bond donors (Lipinski definition) is 0. The quantitative estimate of drug-likeness (QED) is 0.830. The van der Waals surface area contributed by atoms with Crippen molar-refractivity contribution in [1.82, 2.24) is 24.6 Å². The summed E-state index contributed by atoms with van der Waals surface area (Å²) in [6.07, 6.45) is 1.92. The summed E-state index contributed by atoms with van der Waals surface area (Å²) in [6, 6.07) is 1.80. The lowest BCUT2D eigenvalue weighted by molar-refractivity contribution is -0.166. The lowest BCUT2D eigenvalue weighted by Crippen LogP contribution is -2.58. The largest absolute Gasteiger partial charge is 0.330 e. The minimum absolute atomic E-state index is 0.139. The molecule has 2 aromatic heterocycles. The summed E-state index contributed by atoms with van der Waals surface area (Å²) in [6.45, 7) is 3.15. The average molecular weight is 367 g/mol. The summed E-state index contributed by atoms with van der Waals surface area (Å²) in [5.74, 6) is -2.96. The Kier molecular flexibility index (Phi) is 4.07. The Balaban J connectivity index is 1.44. The summed E-state index contributed by atoms with van der Waals surface area (Å²) in [4.78, 5) is 20.3. The van der Waals surface area contributed by atoms with Crippen molar-refractivity contribution in [2.24, 2.45) is 0 Å². The van der Waals surface area contributed by atoms with Crippen LogP contribution in [0.25, 0.3) is 0 Å². The van der Waals surface area contributed by atoms with Gasteiger partial charge in [-0.15, -0.1) is 11.3 Å². The van der Waals surface area contributed by atoms with Crippen LogP contribution in [0.15, 0.2) is 17.6 Å². The number of hydrogen-bond acceptors (Lipinski definition) is 5. The zero-order chi connectivity index (χ0) is 17.6. The van der Waals surface area contributed by atoms with Crippen molar-refractivity contribution >= 4 is 17.2 Å². The van der Waals surface area contributed by atoms with Crippen LogP contribution < -0.4 is 0 Å². The molecule has 1 unspecified atom stereocenters. The lowest BCUT2D eigenvalue weighted by atomic mass is 10.1. The number of halogens is 2. The van der Waals surface area contributed by atoms with Crippen LogP contribution in [0, 0.1) is 6.92 Å². The van der Waals surface area contributed by atoms with Crippen LogP contribution in [0.5, 0.6) is 0 Å². The molecule has 4 heterocycles. The molecule has 1 saturated heterocycles. The fourth-order valence-electron chi connectivity index (χ4n) is 3.47. The maximum absolute atomic E-state index is 13.0. The third-order valence-electron chi connectivity index (χ3n) is 4.61. The number of likely N-dealkylation sites (tertiary alicyclic amines) is 1. The van der Waals surface area contributed by atoms with Crippen molar-refractivity contribution < 1.29 is 13.6 Å². The van der Waals surface area contributed by atoms with E-state index in [2.05, 4.69) is 15.0 Å². The van der Waals surface area contributed by atoms with Crippen molar-refractivity contribution in [3.05, 3.63) is 34.0 Å². The van der Waals surface area contributed by atoms with E-state index in [0.29, 0.717) is 13.1 Å². The fourth-order valence-corrected chi connectivity index (χ4v) is 4.07. The molecule has 25 heavy (non-hydrogen) atoms. The monoisotopic (exact) mass is 367 g/mol. The number of amides is 1. The molecule has 2 aromatic rings. The minimum atomic E-state index is -2.73. The van der Waals surface area contributed by atoms with Gasteiger partial charge in [-0.2, -0.15) is 5.10 Å². The number of nitrogens with zero attached hydrogens (tertiary/aromatic N) is 5. The molecule has 0 saturated carbocycles. The Morgan fingerprint density at radius 2 is 2.24 bits per heavy atom. The van der Waals surface area contributed by atoms with Gasteiger partial charge in [-0.3, -0.25) is 14.4 Å². The number of aromatic nitrogens is 3. The van der Waals surface area contributed by atoms with Crippen LogP contribution >= 0.6 is 11.3 Å². The zero-order valence-electron chi connectivity index (χ0n) is 13.9. The van der Waals surface area contributed by atoms with Gasteiger partial charge in [-0.05, 0) is 13.0 Å². The Morgan fingerprint density at radius 1 is 1.44 bits per heavy atom. The van der Waals surface area contributed by atoms with Crippen molar-refractivity contribution in [2.45, 2.75) is 38.4 Å². The summed E-state index contributed by atoms with van der Waals surface area (Å²) in [5, 5.41) is 7.40. The van der Waals surface area contributed by atoms with E-state index in [1.807, 2.05) is 23.1 Å². The van der Waals surface area contributed by atoms with E-state index in [-0.39, 0.29) is 18.4 Å². The predicted octanol–water partition coefficient (Wildman–Crippen LogP) is 2.07. The number of aryl methyl sites for hydroxylation is 1. The Hall–Kier alpha value is -1.87. The number of alkyl halides is 2. The lowest BCUT2D eigenvalue weighted by Gasteiger charge is -2.40. The van der Waals surface area contributed by atoms with Crippen LogP contribution in [-0.4, -0.2) is 56.0 Å². The third kappa shape index (κ3) is 3.43. The molecule has 1 amide bonds. The molecule has 0 bridgehead atoms. The maximum Gasteiger partial charge on any atom is 0.282 e. The van der Waals surface area contributed by atoms with Crippen LogP contribution in [0.3, 0.4) is 0 Å². The Labute approximate surface area is 148 Å². The maximum atomic E-state index is 13.0. The summed E-state index contributed by atoms with van der Waals surface area (Å²) < 4.78 is 27.9. The molecule has 2 aliphatic rings. The van der Waals surface area contributed by atoms with Gasteiger partial charge in [0.1, 0.15) is 0 Å². The normalized spacial score (nSPS) is 22.5. The van der Waals surface area contributed by atoms with Gasteiger partial charge >= 0.3 is 0 Å². The smallest absolute Gasteiger partial charge is 0.282 e. The molecule has 0 aliphatic carbocycles. The highest BCUT2D eigenvalue weighted by atomic mass is 32.1. The molecule has 6 nitrogen and oxygen atoms in total. The van der Waals surface area contributed by atoms with E-state index in [4.69, 9.17) is 0 Å². The second-order valence-electron chi connectivity index (χ2n) is 6.76. The van der Waals surface area contributed by atoms with Gasteiger partial charge in [0.05, 0.1) is 41.9 Å². The van der Waals surface area contributed by atoms with Gasteiger partial charge in [-0.1, -0.05) is 0 Å². The summed E-state index contributed by atoms with van der Waals surface area (Å²) in [7, 11) is 0. The minimum Gasteiger partial charge on any atom is -0.330 e. The first-order valence-electron chi connectivity index (χ1n) is 8.21. The molecule has 1 fully saturated rings. The van der Waals surface area contributed by atoms with E-state index in [0.717, 1.165) is 22.9 Å². The van der Waals surface area contributed by atoms with Crippen molar-refractivity contribution in [3.63, 3.8) is 0 Å². The fraction of sp³-hybridized carbons (Fsp3) is 0.562. The molecular weight excluding hydrogens is 348 g/mol. The standard InChI is InChI=1S/C16H19F2N5OS/c1-11-20-12(8-25-11)5-21-6-13-2-3-19-23(13)14(7-21)4-15(24)22-9-16(17,18)10-22/h2-3,8,14H,4-7,9-10H2,1H3. The molecule has 2 aliphatic heterocycles. The number of rotatable bonds is 4. The summed E-state index contributed by atoms with van der Waals surface area (Å²) in [5.41, 5.74) is 2.05. The van der Waals surface area contributed by atoms with Crippen LogP contribution in [0.1, 0.15) is 28.9 Å². The van der Waals surface area contributed by atoms with Gasteiger partial charge < -0.3 is 4.90 Å². The van der Waals surface area contributed by atoms with Crippen molar-refractivity contribution in [3.8, 4) is 0 Å². The third-order valence-corrected chi connectivity index (χ3v) is 5.43. The van der Waals surface area contributed by atoms with Gasteiger partial charge in [0.15, 0.2) is 0 Å². The number of carbonyl (C=O) groups excluding carboxylic acids is 1. The zero-order valence-corrected chi connectivity index (χ0v) is 14.7. The molecule has 4 rings (SSSR count). The SMILES string of the molecule is Cc1nc(CN2Cc3ccnn3C(CC(=O)N3CC(F)(F)C3)C2)cs1. The number of carbonyl (C=O) groups is 1. The van der Waals surface area contributed by atoms with E-state index in [1.165, 1.54) is 4.90 Å². The molecule has 9 heteroatoms. The molecule has 0 N–H and O–H groups in total. The van der Waals surface area contributed by atoms with Crippen LogP contribution in [0.2, 0.25) is 0 Å². The highest BCUT2D eigenvalue weighted by Crippen LogP contribution is 2.30. The Bertz CT molecular complexity index is 781. The number of fused-ring (bicyclic) bond motifs is 1. The first-order chi connectivity index (χ1) is 11.9. The Morgan fingerprint density at radius 3 is 2.92 bits per heavy atom. The second-order valence-corrected chi connectivity index (χ2v) is 7.82. The van der Waals surface area contributed by atoms with Crippen LogP contribution in [0.4, 0.5) is 8.78 Å². The van der Waals surface area contributed by atoms with E-state index in [1.54, 1.807) is 17.5 Å². The molecular formula is C16H19F2N5OS. The molecule has 1 atom stereocenters. The first kappa shape index (κ1) is 16.6. The van der Waals surface area contributed by atoms with E-state index >= 15 is 0 Å².